The molecule has 128 valence electrons. The number of carbonyl (C=O) groups excluding carboxylic acids is 1. The molecule has 0 radical (unpaired) electrons. The van der Waals surface area contributed by atoms with Crippen LogP contribution in [0.15, 0.2) is 41.2 Å². The van der Waals surface area contributed by atoms with Crippen molar-refractivity contribution in [2.45, 2.75) is 6.92 Å². The lowest BCUT2D eigenvalue weighted by atomic mass is 10.2. The average molecular weight is 378 g/mol. The van der Waals surface area contributed by atoms with Gasteiger partial charge in [-0.3, -0.25) is 9.59 Å². The van der Waals surface area contributed by atoms with Crippen LogP contribution < -0.4 is 15.6 Å². The van der Waals surface area contributed by atoms with Crippen LogP contribution in [-0.4, -0.2) is 15.7 Å². The van der Waals surface area contributed by atoms with Gasteiger partial charge < -0.3 is 10.1 Å². The molecule has 0 saturated heterocycles. The average Bonchev–Trinajstić information content (AvgIpc) is 2.55. The highest BCUT2D eigenvalue weighted by atomic mass is 35.5. The smallest absolute Gasteiger partial charge is 0.274 e. The molecule has 0 spiro atoms. The maximum atomic E-state index is 12.2. The monoisotopic (exact) mass is 377 g/mol. The molecule has 0 bridgehead atoms. The number of fused-ring (bicyclic) bond motifs is 1. The number of ether oxygens (including phenoxy) is 1. The molecule has 1 N–H and O–H groups in total. The van der Waals surface area contributed by atoms with Gasteiger partial charge in [0.05, 0.1) is 20.8 Å². The molecule has 0 atom stereocenters. The summed E-state index contributed by atoms with van der Waals surface area (Å²) in [6, 6.07) is 10.00. The second kappa shape index (κ2) is 6.74. The van der Waals surface area contributed by atoms with Gasteiger partial charge in [0.2, 0.25) is 11.8 Å². The first kappa shape index (κ1) is 17.3. The lowest BCUT2D eigenvalue weighted by Gasteiger charge is -2.13. The molecule has 1 aromatic heterocycles. The van der Waals surface area contributed by atoms with Gasteiger partial charge in [0.15, 0.2) is 5.75 Å². The predicted octanol–water partition coefficient (Wildman–Crippen LogP) is 3.99. The van der Waals surface area contributed by atoms with Gasteiger partial charge in [-0.15, -0.1) is 5.10 Å². The molecule has 0 aliphatic carbocycles. The summed E-state index contributed by atoms with van der Waals surface area (Å²) < 4.78 is 6.99. The molecule has 0 aliphatic heterocycles. The van der Waals surface area contributed by atoms with Crippen molar-refractivity contribution < 1.29 is 9.53 Å². The quantitative estimate of drug-likeness (QED) is 0.748. The summed E-state index contributed by atoms with van der Waals surface area (Å²) in [5, 5.41) is 8.17. The van der Waals surface area contributed by atoms with Gasteiger partial charge in [-0.1, -0.05) is 35.3 Å². The van der Waals surface area contributed by atoms with E-state index in [-0.39, 0.29) is 33.1 Å². The third-order valence-corrected chi connectivity index (χ3v) is 4.00. The number of aryl methyl sites for hydroxylation is 1. The van der Waals surface area contributed by atoms with E-state index in [0.717, 1.165) is 0 Å². The van der Waals surface area contributed by atoms with Crippen molar-refractivity contribution in [3.05, 3.63) is 56.8 Å². The van der Waals surface area contributed by atoms with Gasteiger partial charge in [0, 0.05) is 19.7 Å². The molecule has 8 heteroatoms. The Kier molecular flexibility index (Phi) is 4.65. The number of nitrogens with zero attached hydrogens (tertiary/aromatic N) is 2. The van der Waals surface area contributed by atoms with Gasteiger partial charge >= 0.3 is 0 Å². The molecule has 0 saturated carbocycles. The van der Waals surface area contributed by atoms with Gasteiger partial charge in [-0.05, 0) is 24.3 Å². The molecule has 1 heterocycles. The first-order valence-electron chi connectivity index (χ1n) is 7.27. The fourth-order valence-electron chi connectivity index (χ4n) is 2.37. The number of carbonyl (C=O) groups is 1. The Bertz CT molecular complexity index is 1020. The van der Waals surface area contributed by atoms with E-state index in [1.807, 2.05) is 0 Å². The van der Waals surface area contributed by atoms with E-state index in [0.29, 0.717) is 16.5 Å². The second-order valence-corrected chi connectivity index (χ2v) is 6.15. The molecule has 0 unspecified atom stereocenters. The SMILES string of the molecule is CC(=O)Nc1cc(Cl)c(Oc2nn(C)c(=O)c3ccccc23)c(Cl)c1. The molecule has 0 aliphatic rings. The Hall–Kier alpha value is -2.57. The van der Waals surface area contributed by atoms with Crippen LogP contribution in [0.3, 0.4) is 0 Å². The van der Waals surface area contributed by atoms with Crippen LogP contribution >= 0.6 is 23.2 Å². The molecule has 1 amide bonds. The number of rotatable bonds is 3. The second-order valence-electron chi connectivity index (χ2n) is 5.33. The topological polar surface area (TPSA) is 73.2 Å². The van der Waals surface area contributed by atoms with Gasteiger partial charge in [-0.25, -0.2) is 4.68 Å². The minimum atomic E-state index is -0.244. The lowest BCUT2D eigenvalue weighted by Crippen LogP contribution is -2.20. The third-order valence-electron chi connectivity index (χ3n) is 3.44. The number of hydrogen-bond acceptors (Lipinski definition) is 4. The Morgan fingerprint density at radius 3 is 2.36 bits per heavy atom. The maximum Gasteiger partial charge on any atom is 0.274 e. The molecular weight excluding hydrogens is 365 g/mol. The van der Waals surface area contributed by atoms with Crippen molar-refractivity contribution in [2.24, 2.45) is 7.05 Å². The summed E-state index contributed by atoms with van der Waals surface area (Å²) in [4.78, 5) is 23.3. The molecule has 6 nitrogen and oxygen atoms in total. The number of benzene rings is 2. The minimum absolute atomic E-state index is 0.189. The maximum absolute atomic E-state index is 12.2. The van der Waals surface area contributed by atoms with Crippen LogP contribution in [-0.2, 0) is 11.8 Å². The highest BCUT2D eigenvalue weighted by Gasteiger charge is 2.16. The van der Waals surface area contributed by atoms with Crippen LogP contribution in [0.25, 0.3) is 10.8 Å². The van der Waals surface area contributed by atoms with Crippen molar-refractivity contribution in [1.82, 2.24) is 9.78 Å². The van der Waals surface area contributed by atoms with E-state index in [4.69, 9.17) is 27.9 Å². The first-order chi connectivity index (χ1) is 11.9. The normalized spacial score (nSPS) is 10.7. The zero-order chi connectivity index (χ0) is 18.1. The van der Waals surface area contributed by atoms with Crippen LogP contribution in [0.5, 0.6) is 11.6 Å². The van der Waals surface area contributed by atoms with Crippen molar-refractivity contribution in [1.29, 1.82) is 0 Å². The number of hydrogen-bond donors (Lipinski definition) is 1. The summed E-state index contributed by atoms with van der Waals surface area (Å²) in [5.41, 5.74) is 0.217. The Labute approximate surface area is 152 Å². The number of amides is 1. The Balaban J connectivity index is 2.09. The highest BCUT2D eigenvalue weighted by molar-refractivity contribution is 6.37. The predicted molar refractivity (Wildman–Crippen MR) is 97.8 cm³/mol. The number of anilines is 1. The Morgan fingerprint density at radius 1 is 1.16 bits per heavy atom. The third kappa shape index (κ3) is 3.45. The standard InChI is InChI=1S/C17H13Cl2N3O3/c1-9(23)20-10-7-13(18)15(14(19)8-10)25-16-11-5-3-4-6-12(11)17(24)22(2)21-16/h3-8H,1-2H3,(H,20,23). The molecule has 25 heavy (non-hydrogen) atoms. The summed E-state index contributed by atoms with van der Waals surface area (Å²) in [5.74, 6) is 0.147. The van der Waals surface area contributed by atoms with Crippen LogP contribution in [0.1, 0.15) is 6.92 Å². The molecule has 0 fully saturated rings. The van der Waals surface area contributed by atoms with Crippen LogP contribution in [0.2, 0.25) is 10.0 Å². The summed E-state index contributed by atoms with van der Waals surface area (Å²) in [7, 11) is 1.53. The fraction of sp³-hybridized carbons (Fsp3) is 0.118. The van der Waals surface area contributed by atoms with Crippen LogP contribution in [0.4, 0.5) is 5.69 Å². The first-order valence-corrected chi connectivity index (χ1v) is 8.03. The minimum Gasteiger partial charge on any atom is -0.434 e. The summed E-state index contributed by atoms with van der Waals surface area (Å²) in [6.45, 7) is 1.38. The molecular formula is C17H13Cl2N3O3. The van der Waals surface area contributed by atoms with E-state index < -0.39 is 0 Å². The van der Waals surface area contributed by atoms with Crippen molar-refractivity contribution in [3.8, 4) is 11.6 Å². The number of nitrogens with one attached hydrogen (secondary N) is 1. The van der Waals surface area contributed by atoms with Crippen molar-refractivity contribution >= 4 is 45.6 Å². The molecule has 3 aromatic rings. The van der Waals surface area contributed by atoms with E-state index in [9.17, 15) is 9.59 Å². The largest absolute Gasteiger partial charge is 0.434 e. The Morgan fingerprint density at radius 2 is 1.76 bits per heavy atom. The fourth-order valence-corrected chi connectivity index (χ4v) is 2.94. The van der Waals surface area contributed by atoms with Gasteiger partial charge in [0.25, 0.3) is 5.56 Å². The zero-order valence-electron chi connectivity index (χ0n) is 13.3. The molecule has 2 aromatic carbocycles. The number of halogens is 2. The van der Waals surface area contributed by atoms with E-state index >= 15 is 0 Å². The molecule has 3 rings (SSSR count). The van der Waals surface area contributed by atoms with E-state index in [1.165, 1.54) is 30.8 Å². The van der Waals surface area contributed by atoms with E-state index in [2.05, 4.69) is 10.4 Å². The lowest BCUT2D eigenvalue weighted by molar-refractivity contribution is -0.114. The van der Waals surface area contributed by atoms with Crippen molar-refractivity contribution in [2.75, 3.05) is 5.32 Å². The van der Waals surface area contributed by atoms with Crippen LogP contribution in [0, 0.1) is 0 Å². The van der Waals surface area contributed by atoms with E-state index in [1.54, 1.807) is 24.3 Å². The van der Waals surface area contributed by atoms with Gasteiger partial charge in [0.1, 0.15) is 0 Å². The number of aromatic nitrogens is 2. The van der Waals surface area contributed by atoms with Gasteiger partial charge in [-0.2, -0.15) is 0 Å². The summed E-state index contributed by atoms with van der Waals surface area (Å²) in [6.07, 6.45) is 0. The highest BCUT2D eigenvalue weighted by Crippen LogP contribution is 2.39. The summed E-state index contributed by atoms with van der Waals surface area (Å²) >= 11 is 12.5. The van der Waals surface area contributed by atoms with Crippen molar-refractivity contribution in [3.63, 3.8) is 0 Å². The zero-order valence-corrected chi connectivity index (χ0v) is 14.9.